The Hall–Kier alpha value is -1.71. The highest BCUT2D eigenvalue weighted by Gasteiger charge is 2.38. The van der Waals surface area contributed by atoms with Gasteiger partial charge in [-0.2, -0.15) is 32.2 Å². The van der Waals surface area contributed by atoms with Crippen molar-refractivity contribution >= 4 is 0 Å². The van der Waals surface area contributed by atoms with Crippen LogP contribution in [0.25, 0.3) is 0 Å². The molecule has 7 heteroatoms. The first-order valence-electron chi connectivity index (χ1n) is 3.65. The first-order valence-corrected chi connectivity index (χ1v) is 3.65. The van der Waals surface area contributed by atoms with Crippen LogP contribution in [0.3, 0.4) is 0 Å². The van der Waals surface area contributed by atoms with E-state index >= 15 is 0 Å². The summed E-state index contributed by atoms with van der Waals surface area (Å²) in [6.45, 7) is 0. The highest BCUT2D eigenvalue weighted by Crippen LogP contribution is 2.33. The number of alkyl halides is 3. The van der Waals surface area contributed by atoms with Gasteiger partial charge in [0.2, 0.25) is 11.9 Å². The lowest BCUT2D eigenvalue weighted by Crippen LogP contribution is -2.14. The van der Waals surface area contributed by atoms with Crippen molar-refractivity contribution in [3.63, 3.8) is 0 Å². The molecule has 1 heterocycles. The first kappa shape index (κ1) is 11.4. The van der Waals surface area contributed by atoms with Crippen LogP contribution < -0.4 is 0 Å². The summed E-state index contributed by atoms with van der Waals surface area (Å²) in [5, 5.41) is 8.21. The maximum Gasteiger partial charge on any atom is 0.421 e. The van der Waals surface area contributed by atoms with E-state index < -0.39 is 35.6 Å². The topological polar surface area (TPSA) is 36.7 Å². The van der Waals surface area contributed by atoms with Crippen molar-refractivity contribution in [2.24, 2.45) is 0 Å². The zero-order valence-corrected chi connectivity index (χ0v) is 7.07. The second kappa shape index (κ2) is 3.81. The Bertz CT molecular complexity index is 418. The van der Waals surface area contributed by atoms with Gasteiger partial charge in [0.1, 0.15) is 5.56 Å². The third-order valence-corrected chi connectivity index (χ3v) is 1.58. The summed E-state index contributed by atoms with van der Waals surface area (Å²) in [5.74, 6) is -3.33. The van der Waals surface area contributed by atoms with Gasteiger partial charge in [-0.1, -0.05) is 0 Å². The molecule has 0 spiro atoms. The first-order chi connectivity index (χ1) is 6.86. The maximum absolute atomic E-state index is 12.7. The summed E-state index contributed by atoms with van der Waals surface area (Å²) in [6, 6.07) is 1.79. The van der Waals surface area contributed by atoms with Gasteiger partial charge >= 0.3 is 6.18 Å². The van der Waals surface area contributed by atoms with Crippen LogP contribution in [0, 0.1) is 23.2 Å². The van der Waals surface area contributed by atoms with Crippen LogP contribution >= 0.6 is 0 Å². The Kier molecular flexibility index (Phi) is 2.88. The molecule has 0 saturated carbocycles. The zero-order chi connectivity index (χ0) is 11.6. The fourth-order valence-electron chi connectivity index (χ4n) is 1.05. The molecule has 0 unspecified atom stereocenters. The molecule has 0 aliphatic heterocycles. The third-order valence-electron chi connectivity index (χ3n) is 1.58. The summed E-state index contributed by atoms with van der Waals surface area (Å²) in [6.07, 6.45) is -5.72. The number of rotatable bonds is 1. The minimum atomic E-state index is -4.99. The van der Waals surface area contributed by atoms with Gasteiger partial charge in [0.25, 0.3) is 0 Å². The van der Waals surface area contributed by atoms with Crippen LogP contribution in [0.15, 0.2) is 6.07 Å². The van der Waals surface area contributed by atoms with E-state index in [0.29, 0.717) is 6.07 Å². The van der Waals surface area contributed by atoms with Gasteiger partial charge in [0.15, 0.2) is 0 Å². The number of nitriles is 1. The summed E-state index contributed by atoms with van der Waals surface area (Å²) in [7, 11) is 0. The van der Waals surface area contributed by atoms with Crippen LogP contribution in [0.1, 0.15) is 11.1 Å². The highest BCUT2D eigenvalue weighted by atomic mass is 19.4. The van der Waals surface area contributed by atoms with Gasteiger partial charge in [-0.15, -0.1) is 0 Å². The third kappa shape index (κ3) is 2.40. The molecular weight excluding hydrogens is 219 g/mol. The van der Waals surface area contributed by atoms with E-state index in [9.17, 15) is 22.0 Å². The molecule has 0 N–H and O–H groups in total. The van der Waals surface area contributed by atoms with E-state index in [1.165, 1.54) is 6.07 Å². The van der Waals surface area contributed by atoms with Gasteiger partial charge in [-0.05, 0) is 11.6 Å². The van der Waals surface area contributed by atoms with Crippen molar-refractivity contribution < 1.29 is 22.0 Å². The Morgan fingerprint density at radius 1 is 1.33 bits per heavy atom. The number of nitrogens with zero attached hydrogens (tertiary/aromatic N) is 2. The molecule has 0 fully saturated rings. The fourth-order valence-corrected chi connectivity index (χ4v) is 1.05. The molecular formula is C8H3F5N2. The minimum absolute atomic E-state index is 0.398. The van der Waals surface area contributed by atoms with E-state index in [0.717, 1.165) is 0 Å². The molecule has 0 bridgehead atoms. The van der Waals surface area contributed by atoms with E-state index in [4.69, 9.17) is 5.26 Å². The van der Waals surface area contributed by atoms with Crippen LogP contribution in [-0.4, -0.2) is 4.98 Å². The highest BCUT2D eigenvalue weighted by molar-refractivity contribution is 5.30. The molecule has 1 aromatic rings. The quantitative estimate of drug-likeness (QED) is 0.540. The van der Waals surface area contributed by atoms with E-state index in [2.05, 4.69) is 4.98 Å². The van der Waals surface area contributed by atoms with Crippen LogP contribution in [0.2, 0.25) is 0 Å². The standard InChI is InChI=1S/C8H3F5N2/c9-5-3-4(1-2-14)6(7(10)15-5)8(11,12)13/h3H,1H2. The molecule has 0 aromatic carbocycles. The van der Waals surface area contributed by atoms with Crippen molar-refractivity contribution in [2.75, 3.05) is 0 Å². The lowest BCUT2D eigenvalue weighted by atomic mass is 10.1. The Balaban J connectivity index is 3.42. The Morgan fingerprint density at radius 2 is 1.93 bits per heavy atom. The van der Waals surface area contributed by atoms with Crippen molar-refractivity contribution in [3.05, 3.63) is 29.1 Å². The van der Waals surface area contributed by atoms with Gasteiger partial charge in [-0.3, -0.25) is 0 Å². The molecule has 0 saturated heterocycles. The molecule has 0 amide bonds. The molecule has 0 aliphatic carbocycles. The Morgan fingerprint density at radius 3 is 2.40 bits per heavy atom. The molecule has 80 valence electrons. The summed E-state index contributed by atoms with van der Waals surface area (Å²) in [4.78, 5) is 2.42. The molecule has 15 heavy (non-hydrogen) atoms. The molecule has 0 radical (unpaired) electrons. The van der Waals surface area contributed by atoms with Crippen molar-refractivity contribution in [2.45, 2.75) is 12.6 Å². The summed E-state index contributed by atoms with van der Waals surface area (Å²) >= 11 is 0. The van der Waals surface area contributed by atoms with E-state index in [1.807, 2.05) is 0 Å². The largest absolute Gasteiger partial charge is 0.421 e. The molecule has 1 aromatic heterocycles. The van der Waals surface area contributed by atoms with Crippen LogP contribution in [0.4, 0.5) is 22.0 Å². The lowest BCUT2D eigenvalue weighted by Gasteiger charge is -2.10. The van der Waals surface area contributed by atoms with Gasteiger partial charge < -0.3 is 0 Å². The molecule has 1 rings (SSSR count). The normalized spacial score (nSPS) is 11.2. The predicted molar refractivity (Wildman–Crippen MR) is 38.5 cm³/mol. The average molecular weight is 222 g/mol. The number of hydrogen-bond donors (Lipinski definition) is 0. The van der Waals surface area contributed by atoms with E-state index in [1.54, 1.807) is 0 Å². The van der Waals surface area contributed by atoms with Crippen molar-refractivity contribution in [1.82, 2.24) is 4.98 Å². The monoisotopic (exact) mass is 222 g/mol. The number of hydrogen-bond acceptors (Lipinski definition) is 2. The van der Waals surface area contributed by atoms with Crippen LogP contribution in [-0.2, 0) is 12.6 Å². The number of pyridine rings is 1. The summed E-state index contributed by atoms with van der Waals surface area (Å²) in [5.41, 5.74) is -2.44. The van der Waals surface area contributed by atoms with Crippen LogP contribution in [0.5, 0.6) is 0 Å². The number of halogens is 5. The molecule has 0 aliphatic rings. The van der Waals surface area contributed by atoms with Crippen molar-refractivity contribution in [3.8, 4) is 6.07 Å². The van der Waals surface area contributed by atoms with Gasteiger partial charge in [-0.25, -0.2) is 0 Å². The van der Waals surface area contributed by atoms with Crippen molar-refractivity contribution in [1.29, 1.82) is 5.26 Å². The van der Waals surface area contributed by atoms with E-state index in [-0.39, 0.29) is 0 Å². The smallest absolute Gasteiger partial charge is 0.198 e. The fraction of sp³-hybridized carbons (Fsp3) is 0.250. The minimum Gasteiger partial charge on any atom is -0.198 e. The van der Waals surface area contributed by atoms with Gasteiger partial charge in [0, 0.05) is 0 Å². The molecule has 0 atom stereocenters. The maximum atomic E-state index is 12.7. The Labute approximate surface area is 81.0 Å². The number of aromatic nitrogens is 1. The predicted octanol–water partition coefficient (Wildman–Crippen LogP) is 2.44. The molecule has 2 nitrogen and oxygen atoms in total. The second-order valence-electron chi connectivity index (χ2n) is 2.60. The SMILES string of the molecule is N#CCc1cc(F)nc(F)c1C(F)(F)F. The summed E-state index contributed by atoms with van der Waals surface area (Å²) < 4.78 is 62.0. The lowest BCUT2D eigenvalue weighted by molar-refractivity contribution is -0.141. The second-order valence-corrected chi connectivity index (χ2v) is 2.60. The average Bonchev–Trinajstić information content (AvgIpc) is 1.99. The zero-order valence-electron chi connectivity index (χ0n) is 7.07. The van der Waals surface area contributed by atoms with Gasteiger partial charge in [0.05, 0.1) is 12.5 Å².